The number of aliphatic carboxylic acids is 1. The second-order valence-corrected chi connectivity index (χ2v) is 9.12. The quantitative estimate of drug-likeness (QED) is 0.114. The molecule has 200 valence electrons. The van der Waals surface area contributed by atoms with E-state index in [0.717, 1.165) is 12.8 Å². The minimum Gasteiger partial charge on any atom is -0.481 e. The van der Waals surface area contributed by atoms with E-state index in [0.29, 0.717) is 6.42 Å². The zero-order chi connectivity index (χ0) is 25.4. The van der Waals surface area contributed by atoms with Crippen LogP contribution in [0, 0.1) is 10.8 Å². The SMILES string of the molecule is CCCCCCCCCCCCCC(=O)O.OCC(CO)(CO)COCC(CO)(CO)CO. The number of ether oxygens (including phenoxy) is 1. The molecule has 0 aliphatic carbocycles. The smallest absolute Gasteiger partial charge is 0.303 e. The maximum atomic E-state index is 10.3. The molecule has 0 saturated carbocycles. The summed E-state index contributed by atoms with van der Waals surface area (Å²) in [6, 6.07) is 0. The Balaban J connectivity index is 0. The molecule has 0 aromatic carbocycles. The molecule has 0 bridgehead atoms. The van der Waals surface area contributed by atoms with Crippen LogP contribution >= 0.6 is 0 Å². The van der Waals surface area contributed by atoms with Crippen molar-refractivity contribution in [3.63, 3.8) is 0 Å². The highest BCUT2D eigenvalue weighted by atomic mass is 16.5. The Kier molecular flexibility index (Phi) is 23.9. The first-order valence-electron chi connectivity index (χ1n) is 12.3. The molecule has 9 nitrogen and oxygen atoms in total. The predicted molar refractivity (Wildman–Crippen MR) is 127 cm³/mol. The van der Waals surface area contributed by atoms with Crippen molar-refractivity contribution in [1.82, 2.24) is 0 Å². The van der Waals surface area contributed by atoms with Crippen molar-refractivity contribution in [3.8, 4) is 0 Å². The van der Waals surface area contributed by atoms with E-state index in [9.17, 15) is 4.79 Å². The monoisotopic (exact) mass is 482 g/mol. The summed E-state index contributed by atoms with van der Waals surface area (Å²) >= 11 is 0. The second-order valence-electron chi connectivity index (χ2n) is 9.12. The van der Waals surface area contributed by atoms with Crippen LogP contribution in [-0.4, -0.2) is 94.6 Å². The summed E-state index contributed by atoms with van der Waals surface area (Å²) in [5.74, 6) is -0.657. The lowest BCUT2D eigenvalue weighted by Crippen LogP contribution is -2.43. The van der Waals surface area contributed by atoms with Gasteiger partial charge >= 0.3 is 5.97 Å². The van der Waals surface area contributed by atoms with E-state index in [1.165, 1.54) is 57.8 Å². The van der Waals surface area contributed by atoms with E-state index in [1.54, 1.807) is 0 Å². The molecule has 7 N–H and O–H groups in total. The Morgan fingerprint density at radius 3 is 1.15 bits per heavy atom. The number of carboxylic acids is 1. The molecule has 33 heavy (non-hydrogen) atoms. The molecule has 0 rings (SSSR count). The zero-order valence-electron chi connectivity index (χ0n) is 20.6. The van der Waals surface area contributed by atoms with Crippen LogP contribution in [0.4, 0.5) is 0 Å². The van der Waals surface area contributed by atoms with Crippen LogP contribution in [-0.2, 0) is 9.53 Å². The molecule has 0 saturated heterocycles. The number of aliphatic hydroxyl groups excluding tert-OH is 6. The molecule has 9 heteroatoms. The number of carboxylic acid groups (broad SMARTS) is 1. The van der Waals surface area contributed by atoms with Crippen LogP contribution in [0.25, 0.3) is 0 Å². The molecule has 0 unspecified atom stereocenters. The van der Waals surface area contributed by atoms with Crippen LogP contribution in [0.1, 0.15) is 84.0 Å². The topological polar surface area (TPSA) is 168 Å². The summed E-state index contributed by atoms with van der Waals surface area (Å²) in [6.07, 6.45) is 14.4. The lowest BCUT2D eigenvalue weighted by atomic mass is 9.91. The summed E-state index contributed by atoms with van der Waals surface area (Å²) < 4.78 is 5.15. The molecule has 0 aliphatic rings. The van der Waals surface area contributed by atoms with Crippen molar-refractivity contribution in [2.45, 2.75) is 84.0 Å². The first kappa shape index (κ1) is 34.4. The summed E-state index contributed by atoms with van der Waals surface area (Å²) in [4.78, 5) is 10.3. The molecule has 0 radical (unpaired) electrons. The van der Waals surface area contributed by atoms with Gasteiger partial charge in [-0.2, -0.15) is 0 Å². The van der Waals surface area contributed by atoms with Gasteiger partial charge in [-0.05, 0) is 6.42 Å². The maximum Gasteiger partial charge on any atom is 0.303 e. The minimum absolute atomic E-state index is 0.141. The first-order valence-corrected chi connectivity index (χ1v) is 12.3. The fourth-order valence-electron chi connectivity index (χ4n) is 3.00. The fraction of sp³-hybridized carbons (Fsp3) is 0.958. The average molecular weight is 483 g/mol. The van der Waals surface area contributed by atoms with Crippen LogP contribution in [0.3, 0.4) is 0 Å². The molecule has 0 atom stereocenters. The van der Waals surface area contributed by atoms with E-state index in [-0.39, 0.29) is 13.2 Å². The van der Waals surface area contributed by atoms with Gasteiger partial charge in [-0.15, -0.1) is 0 Å². The molecule has 0 heterocycles. The molecular formula is C24H50O9. The number of hydrogen-bond donors (Lipinski definition) is 7. The number of aliphatic hydroxyl groups is 6. The lowest BCUT2D eigenvalue weighted by molar-refractivity contribution is -0.137. The molecular weight excluding hydrogens is 432 g/mol. The van der Waals surface area contributed by atoms with Gasteiger partial charge in [-0.1, -0.05) is 71.1 Å². The van der Waals surface area contributed by atoms with E-state index < -0.39 is 56.4 Å². The fourth-order valence-corrected chi connectivity index (χ4v) is 3.00. The van der Waals surface area contributed by atoms with Crippen LogP contribution < -0.4 is 0 Å². The highest BCUT2D eigenvalue weighted by Crippen LogP contribution is 2.19. The standard InChI is InChI=1S/C14H28O2.C10H22O7/c1-2-3-4-5-6-7-8-9-10-11-12-13-14(15)16;11-1-9(2-12,3-13)7-17-8-10(4-14,5-15)6-16/h2-13H2,1H3,(H,15,16);11-16H,1-8H2. The third-order valence-electron chi connectivity index (χ3n) is 5.82. The van der Waals surface area contributed by atoms with Crippen molar-refractivity contribution in [1.29, 1.82) is 0 Å². The van der Waals surface area contributed by atoms with Gasteiger partial charge in [0.15, 0.2) is 0 Å². The van der Waals surface area contributed by atoms with E-state index in [1.807, 2.05) is 0 Å². The van der Waals surface area contributed by atoms with Gasteiger partial charge in [0.05, 0.1) is 63.7 Å². The largest absolute Gasteiger partial charge is 0.481 e. The van der Waals surface area contributed by atoms with Crippen LogP contribution in [0.2, 0.25) is 0 Å². The number of unbranched alkanes of at least 4 members (excludes halogenated alkanes) is 10. The van der Waals surface area contributed by atoms with Crippen molar-refractivity contribution >= 4 is 5.97 Å². The van der Waals surface area contributed by atoms with Crippen molar-refractivity contribution in [2.24, 2.45) is 10.8 Å². The number of rotatable bonds is 22. The highest BCUT2D eigenvalue weighted by Gasteiger charge is 2.32. The third kappa shape index (κ3) is 18.2. The Hall–Kier alpha value is -0.810. The van der Waals surface area contributed by atoms with Crippen molar-refractivity contribution in [3.05, 3.63) is 0 Å². The molecule has 0 aromatic rings. The Bertz CT molecular complexity index is 388. The zero-order valence-corrected chi connectivity index (χ0v) is 20.6. The first-order chi connectivity index (χ1) is 15.8. The van der Waals surface area contributed by atoms with Crippen LogP contribution in [0.15, 0.2) is 0 Å². The van der Waals surface area contributed by atoms with Gasteiger partial charge in [-0.3, -0.25) is 4.79 Å². The molecule has 0 spiro atoms. The van der Waals surface area contributed by atoms with Gasteiger partial charge in [0.2, 0.25) is 0 Å². The molecule has 0 aromatic heterocycles. The summed E-state index contributed by atoms with van der Waals surface area (Å²) in [5, 5.41) is 62.6. The average Bonchev–Trinajstić information content (AvgIpc) is 2.84. The summed E-state index contributed by atoms with van der Waals surface area (Å²) in [6.45, 7) is -0.758. The van der Waals surface area contributed by atoms with Gasteiger partial charge in [0, 0.05) is 6.42 Å². The van der Waals surface area contributed by atoms with Gasteiger partial charge in [0.1, 0.15) is 0 Å². The summed E-state index contributed by atoms with van der Waals surface area (Å²) in [5.41, 5.74) is -2.32. The minimum atomic E-state index is -1.16. The van der Waals surface area contributed by atoms with Crippen molar-refractivity contribution < 1.29 is 45.3 Å². The lowest BCUT2D eigenvalue weighted by Gasteiger charge is -2.31. The summed E-state index contributed by atoms with van der Waals surface area (Å²) in [7, 11) is 0. The van der Waals surface area contributed by atoms with Gasteiger partial charge in [0.25, 0.3) is 0 Å². The van der Waals surface area contributed by atoms with Gasteiger partial charge < -0.3 is 40.5 Å². The number of carbonyl (C=O) groups is 1. The van der Waals surface area contributed by atoms with E-state index in [2.05, 4.69) is 6.92 Å². The Labute approximate surface area is 199 Å². The van der Waals surface area contributed by atoms with Crippen molar-refractivity contribution in [2.75, 3.05) is 52.9 Å². The second kappa shape index (κ2) is 23.0. The molecule has 0 aliphatic heterocycles. The van der Waals surface area contributed by atoms with E-state index in [4.69, 9.17) is 40.5 Å². The van der Waals surface area contributed by atoms with E-state index >= 15 is 0 Å². The maximum absolute atomic E-state index is 10.3. The number of hydrogen-bond acceptors (Lipinski definition) is 8. The van der Waals surface area contributed by atoms with Crippen LogP contribution in [0.5, 0.6) is 0 Å². The predicted octanol–water partition coefficient (Wildman–Crippen LogP) is 1.70. The molecule has 0 amide bonds. The molecule has 0 fully saturated rings. The van der Waals surface area contributed by atoms with Gasteiger partial charge in [-0.25, -0.2) is 0 Å². The Morgan fingerprint density at radius 2 is 0.879 bits per heavy atom. The normalized spacial score (nSPS) is 11.8. The third-order valence-corrected chi connectivity index (χ3v) is 5.82. The Morgan fingerprint density at radius 1 is 0.576 bits per heavy atom. The highest BCUT2D eigenvalue weighted by molar-refractivity contribution is 5.66.